The molecule has 0 aromatic heterocycles. The minimum Gasteiger partial charge on any atom is -0.292 e. The quantitative estimate of drug-likeness (QED) is 0.834. The molecule has 2 amide bonds. The summed E-state index contributed by atoms with van der Waals surface area (Å²) < 4.78 is 0. The third-order valence-electron chi connectivity index (χ3n) is 2.01. The monoisotopic (exact) mass is 216 g/mol. The molecule has 0 saturated carbocycles. The van der Waals surface area contributed by atoms with Crippen molar-refractivity contribution >= 4 is 11.8 Å². The maximum atomic E-state index is 11.5. The van der Waals surface area contributed by atoms with Crippen LogP contribution in [0.1, 0.15) is 35.7 Å². The fourth-order valence-corrected chi connectivity index (χ4v) is 1.18. The highest BCUT2D eigenvalue weighted by Crippen LogP contribution is 2.03. The number of carbonyl (C=O) groups is 2. The Morgan fingerprint density at radius 1 is 1.31 bits per heavy atom. The number of benzene rings is 1. The van der Waals surface area contributed by atoms with Gasteiger partial charge in [0.25, 0.3) is 5.91 Å². The summed E-state index contributed by atoms with van der Waals surface area (Å²) in [6.07, 6.45) is 1.04. The highest BCUT2D eigenvalue weighted by molar-refractivity contribution is 6.04. The Balaban J connectivity index is 2.67. The Kier molecular flexibility index (Phi) is 4.22. The normalized spacial score (nSPS) is 9.25. The van der Waals surface area contributed by atoms with E-state index in [4.69, 9.17) is 5.26 Å². The van der Waals surface area contributed by atoms with Gasteiger partial charge in [-0.15, -0.1) is 0 Å². The number of rotatable bonds is 3. The fourth-order valence-electron chi connectivity index (χ4n) is 1.18. The van der Waals surface area contributed by atoms with Crippen molar-refractivity contribution < 1.29 is 9.59 Å². The zero-order valence-electron chi connectivity index (χ0n) is 8.99. The Bertz CT molecular complexity index is 429. The second-order valence-electron chi connectivity index (χ2n) is 3.32. The van der Waals surface area contributed by atoms with E-state index in [2.05, 4.69) is 5.32 Å². The molecule has 0 fully saturated rings. The van der Waals surface area contributed by atoms with Crippen LogP contribution in [0.5, 0.6) is 0 Å². The van der Waals surface area contributed by atoms with Crippen LogP contribution in [0.25, 0.3) is 0 Å². The van der Waals surface area contributed by atoms with Gasteiger partial charge in [-0.3, -0.25) is 14.9 Å². The van der Waals surface area contributed by atoms with Crippen LogP contribution in [0, 0.1) is 11.3 Å². The minimum absolute atomic E-state index is 0.281. The number of imide groups is 1. The van der Waals surface area contributed by atoms with Crippen LogP contribution in [0.2, 0.25) is 0 Å². The zero-order chi connectivity index (χ0) is 12.0. The van der Waals surface area contributed by atoms with E-state index in [1.54, 1.807) is 12.1 Å². The van der Waals surface area contributed by atoms with Crippen LogP contribution in [0.4, 0.5) is 0 Å². The summed E-state index contributed by atoms with van der Waals surface area (Å²) in [7, 11) is 0. The molecule has 0 radical (unpaired) electrons. The molecule has 0 bridgehead atoms. The van der Waals surface area contributed by atoms with Gasteiger partial charge in [-0.2, -0.15) is 5.26 Å². The first kappa shape index (κ1) is 11.9. The van der Waals surface area contributed by atoms with Crippen molar-refractivity contribution in [3.05, 3.63) is 35.4 Å². The van der Waals surface area contributed by atoms with Gasteiger partial charge in [0, 0.05) is 12.0 Å². The molecule has 4 nitrogen and oxygen atoms in total. The molecule has 0 saturated heterocycles. The number of nitriles is 1. The van der Waals surface area contributed by atoms with E-state index in [-0.39, 0.29) is 5.91 Å². The summed E-state index contributed by atoms with van der Waals surface area (Å²) in [6.45, 7) is 1.87. The summed E-state index contributed by atoms with van der Waals surface area (Å²) in [6, 6.07) is 8.08. The lowest BCUT2D eigenvalue weighted by Gasteiger charge is -2.02. The SMILES string of the molecule is CCCC(=O)NC(=O)c1ccc(C#N)cc1. The number of nitrogens with one attached hydrogen (secondary N) is 1. The molecule has 0 aliphatic rings. The minimum atomic E-state index is -0.428. The van der Waals surface area contributed by atoms with Gasteiger partial charge in [0.15, 0.2) is 0 Å². The molecule has 0 atom stereocenters. The lowest BCUT2D eigenvalue weighted by molar-refractivity contribution is -0.120. The number of hydrogen-bond acceptors (Lipinski definition) is 3. The highest BCUT2D eigenvalue weighted by atomic mass is 16.2. The van der Waals surface area contributed by atoms with Crippen molar-refractivity contribution in [1.82, 2.24) is 5.32 Å². The third-order valence-corrected chi connectivity index (χ3v) is 2.01. The topological polar surface area (TPSA) is 70.0 Å². The number of nitrogens with zero attached hydrogens (tertiary/aromatic N) is 1. The van der Waals surface area contributed by atoms with Crippen molar-refractivity contribution in [2.45, 2.75) is 19.8 Å². The standard InChI is InChI=1S/C12H12N2O2/c1-2-3-11(15)14-12(16)10-6-4-9(8-13)5-7-10/h4-7H,2-3H2,1H3,(H,14,15,16). The first-order chi connectivity index (χ1) is 7.67. The van der Waals surface area contributed by atoms with E-state index in [1.807, 2.05) is 13.0 Å². The van der Waals surface area contributed by atoms with E-state index in [9.17, 15) is 9.59 Å². The summed E-state index contributed by atoms with van der Waals surface area (Å²) in [5.41, 5.74) is 0.861. The number of amides is 2. The third kappa shape index (κ3) is 3.21. The zero-order valence-corrected chi connectivity index (χ0v) is 8.99. The van der Waals surface area contributed by atoms with Gasteiger partial charge in [-0.1, -0.05) is 6.92 Å². The van der Waals surface area contributed by atoms with Gasteiger partial charge in [-0.25, -0.2) is 0 Å². The Morgan fingerprint density at radius 2 is 1.94 bits per heavy atom. The van der Waals surface area contributed by atoms with Gasteiger partial charge in [0.05, 0.1) is 11.6 Å². The number of carbonyl (C=O) groups excluding carboxylic acids is 2. The van der Waals surface area contributed by atoms with Crippen LogP contribution in [-0.2, 0) is 4.79 Å². The van der Waals surface area contributed by atoms with Crippen LogP contribution in [-0.4, -0.2) is 11.8 Å². The Morgan fingerprint density at radius 3 is 2.44 bits per heavy atom. The molecule has 1 aromatic carbocycles. The number of hydrogen-bond donors (Lipinski definition) is 1. The Labute approximate surface area is 93.9 Å². The van der Waals surface area contributed by atoms with Crippen LogP contribution in [0.15, 0.2) is 24.3 Å². The van der Waals surface area contributed by atoms with E-state index < -0.39 is 5.91 Å². The fraction of sp³-hybridized carbons (Fsp3) is 0.250. The van der Waals surface area contributed by atoms with E-state index in [1.165, 1.54) is 12.1 Å². The molecule has 1 rings (SSSR count). The van der Waals surface area contributed by atoms with Crippen LogP contribution in [0.3, 0.4) is 0 Å². The summed E-state index contributed by atoms with van der Waals surface area (Å²) in [5.74, 6) is -0.709. The van der Waals surface area contributed by atoms with Crippen molar-refractivity contribution in [2.24, 2.45) is 0 Å². The second kappa shape index (κ2) is 5.66. The molecule has 16 heavy (non-hydrogen) atoms. The average Bonchev–Trinajstić information content (AvgIpc) is 2.29. The van der Waals surface area contributed by atoms with Gasteiger partial charge in [0.2, 0.25) is 5.91 Å². The van der Waals surface area contributed by atoms with Gasteiger partial charge >= 0.3 is 0 Å². The largest absolute Gasteiger partial charge is 0.292 e. The highest BCUT2D eigenvalue weighted by Gasteiger charge is 2.08. The first-order valence-corrected chi connectivity index (χ1v) is 5.01. The van der Waals surface area contributed by atoms with Gasteiger partial charge < -0.3 is 0 Å². The molecule has 0 spiro atoms. The van der Waals surface area contributed by atoms with Gasteiger partial charge in [-0.05, 0) is 30.7 Å². The molecule has 0 heterocycles. The maximum absolute atomic E-state index is 11.5. The maximum Gasteiger partial charge on any atom is 0.257 e. The smallest absolute Gasteiger partial charge is 0.257 e. The van der Waals surface area contributed by atoms with Gasteiger partial charge in [0.1, 0.15) is 0 Å². The predicted octanol–water partition coefficient (Wildman–Crippen LogP) is 1.61. The lowest BCUT2D eigenvalue weighted by atomic mass is 10.1. The van der Waals surface area contributed by atoms with E-state index in [0.29, 0.717) is 24.0 Å². The molecule has 0 unspecified atom stereocenters. The van der Waals surface area contributed by atoms with Crippen molar-refractivity contribution in [3.63, 3.8) is 0 Å². The van der Waals surface area contributed by atoms with Crippen LogP contribution >= 0.6 is 0 Å². The molecule has 0 aliphatic heterocycles. The average molecular weight is 216 g/mol. The van der Waals surface area contributed by atoms with Crippen LogP contribution < -0.4 is 5.32 Å². The summed E-state index contributed by atoms with van der Waals surface area (Å²) >= 11 is 0. The van der Waals surface area contributed by atoms with Crippen molar-refractivity contribution in [2.75, 3.05) is 0 Å². The van der Waals surface area contributed by atoms with E-state index in [0.717, 1.165) is 0 Å². The summed E-state index contributed by atoms with van der Waals surface area (Å²) in [5, 5.41) is 10.9. The predicted molar refractivity (Wildman–Crippen MR) is 58.5 cm³/mol. The molecule has 4 heteroatoms. The van der Waals surface area contributed by atoms with Crippen molar-refractivity contribution in [3.8, 4) is 6.07 Å². The molecule has 0 aliphatic carbocycles. The summed E-state index contributed by atoms with van der Waals surface area (Å²) in [4.78, 5) is 22.7. The molecule has 1 N–H and O–H groups in total. The van der Waals surface area contributed by atoms with E-state index >= 15 is 0 Å². The molecule has 1 aromatic rings. The first-order valence-electron chi connectivity index (χ1n) is 5.01. The molecule has 82 valence electrons. The lowest BCUT2D eigenvalue weighted by Crippen LogP contribution is -2.29. The second-order valence-corrected chi connectivity index (χ2v) is 3.32. The molecular formula is C12H12N2O2. The molecular weight excluding hydrogens is 204 g/mol. The Hall–Kier alpha value is -2.15. The van der Waals surface area contributed by atoms with Crippen molar-refractivity contribution in [1.29, 1.82) is 5.26 Å².